The fourth-order valence-corrected chi connectivity index (χ4v) is 2.80. The van der Waals surface area contributed by atoms with E-state index in [1.165, 1.54) is 0 Å². The van der Waals surface area contributed by atoms with E-state index in [9.17, 15) is 4.79 Å². The molecule has 2 aliphatic rings. The number of likely N-dealkylation sites (tertiary alicyclic amines) is 1. The molecular weight excluding hydrogens is 226 g/mol. The third kappa shape index (κ3) is 2.79. The highest BCUT2D eigenvalue weighted by Crippen LogP contribution is 2.22. The SMILES string of the molecule is CC1CCN(C(=O)N2CCN(C)C(C)(C)C2)CC1. The summed E-state index contributed by atoms with van der Waals surface area (Å²) in [5.41, 5.74) is 0.0942. The highest BCUT2D eigenvalue weighted by molar-refractivity contribution is 5.74. The first-order valence-electron chi connectivity index (χ1n) is 7.15. The quantitative estimate of drug-likeness (QED) is 0.659. The van der Waals surface area contributed by atoms with Crippen LogP contribution in [0.1, 0.15) is 33.6 Å². The molecule has 0 atom stereocenters. The second-order valence-electron chi connectivity index (χ2n) is 6.61. The maximum absolute atomic E-state index is 12.5. The number of nitrogens with zero attached hydrogens (tertiary/aromatic N) is 3. The number of likely N-dealkylation sites (N-methyl/N-ethyl adjacent to an activating group) is 1. The minimum absolute atomic E-state index is 0.0942. The van der Waals surface area contributed by atoms with Gasteiger partial charge < -0.3 is 9.80 Å². The number of hydrogen-bond donors (Lipinski definition) is 0. The number of rotatable bonds is 0. The van der Waals surface area contributed by atoms with Gasteiger partial charge in [0.2, 0.25) is 0 Å². The summed E-state index contributed by atoms with van der Waals surface area (Å²) in [4.78, 5) is 18.9. The normalized spacial score (nSPS) is 26.4. The summed E-state index contributed by atoms with van der Waals surface area (Å²) >= 11 is 0. The average Bonchev–Trinajstić information content (AvgIpc) is 2.33. The Labute approximate surface area is 111 Å². The van der Waals surface area contributed by atoms with Crippen LogP contribution in [0.25, 0.3) is 0 Å². The van der Waals surface area contributed by atoms with Crippen molar-refractivity contribution in [3.63, 3.8) is 0 Å². The lowest BCUT2D eigenvalue weighted by atomic mass is 9.98. The fourth-order valence-electron chi connectivity index (χ4n) is 2.80. The van der Waals surface area contributed by atoms with Gasteiger partial charge >= 0.3 is 6.03 Å². The van der Waals surface area contributed by atoms with Crippen molar-refractivity contribution in [2.75, 3.05) is 39.8 Å². The number of carbonyl (C=O) groups excluding carboxylic acids is 1. The van der Waals surface area contributed by atoms with Crippen molar-refractivity contribution < 1.29 is 4.79 Å². The van der Waals surface area contributed by atoms with Crippen molar-refractivity contribution in [2.24, 2.45) is 5.92 Å². The van der Waals surface area contributed by atoms with Gasteiger partial charge in [0, 0.05) is 38.3 Å². The van der Waals surface area contributed by atoms with Crippen molar-refractivity contribution >= 4 is 6.03 Å². The Kier molecular flexibility index (Phi) is 3.85. The fraction of sp³-hybridized carbons (Fsp3) is 0.929. The third-order valence-electron chi connectivity index (χ3n) is 4.64. The topological polar surface area (TPSA) is 26.8 Å². The van der Waals surface area contributed by atoms with Gasteiger partial charge in [-0.05, 0) is 39.7 Å². The summed E-state index contributed by atoms with van der Waals surface area (Å²) in [7, 11) is 2.14. The Bertz CT molecular complexity index is 308. The lowest BCUT2D eigenvalue weighted by Gasteiger charge is -2.46. The molecule has 0 aromatic heterocycles. The molecular formula is C14H27N3O. The van der Waals surface area contributed by atoms with Crippen molar-refractivity contribution in [1.82, 2.24) is 14.7 Å². The summed E-state index contributed by atoms with van der Waals surface area (Å²) in [6, 6.07) is 0.253. The molecule has 2 aliphatic heterocycles. The zero-order chi connectivity index (χ0) is 13.3. The van der Waals surface area contributed by atoms with E-state index < -0.39 is 0 Å². The van der Waals surface area contributed by atoms with Gasteiger partial charge in [-0.15, -0.1) is 0 Å². The van der Waals surface area contributed by atoms with Crippen LogP contribution in [0.2, 0.25) is 0 Å². The highest BCUT2D eigenvalue weighted by Gasteiger charge is 2.35. The number of carbonyl (C=O) groups is 1. The first kappa shape index (κ1) is 13.7. The summed E-state index contributed by atoms with van der Waals surface area (Å²) in [5.74, 6) is 0.776. The summed E-state index contributed by atoms with van der Waals surface area (Å²) in [6.45, 7) is 11.3. The molecule has 0 saturated carbocycles. The summed E-state index contributed by atoms with van der Waals surface area (Å²) in [5, 5.41) is 0. The second-order valence-corrected chi connectivity index (χ2v) is 6.61. The standard InChI is InChI=1S/C14H27N3O/c1-12-5-7-16(8-6-12)13(18)17-10-9-15(4)14(2,3)11-17/h12H,5-11H2,1-4H3. The Morgan fingerprint density at radius 2 is 1.67 bits per heavy atom. The number of piperazine rings is 1. The predicted octanol–water partition coefficient (Wildman–Crippen LogP) is 1.86. The largest absolute Gasteiger partial charge is 0.325 e. The van der Waals surface area contributed by atoms with Crippen molar-refractivity contribution in [3.05, 3.63) is 0 Å². The van der Waals surface area contributed by atoms with Crippen LogP contribution in [0.5, 0.6) is 0 Å². The maximum Gasteiger partial charge on any atom is 0.320 e. The smallest absolute Gasteiger partial charge is 0.320 e. The van der Waals surface area contributed by atoms with Crippen LogP contribution in [0, 0.1) is 5.92 Å². The van der Waals surface area contributed by atoms with E-state index in [0.29, 0.717) is 0 Å². The van der Waals surface area contributed by atoms with Gasteiger partial charge in [0.15, 0.2) is 0 Å². The van der Waals surface area contributed by atoms with E-state index in [2.05, 4.69) is 32.7 Å². The molecule has 2 rings (SSSR count). The summed E-state index contributed by atoms with van der Waals surface area (Å²) < 4.78 is 0. The Morgan fingerprint density at radius 3 is 2.22 bits per heavy atom. The van der Waals surface area contributed by atoms with Gasteiger partial charge in [-0.25, -0.2) is 4.79 Å². The Balaban J connectivity index is 1.93. The number of urea groups is 1. The molecule has 0 radical (unpaired) electrons. The van der Waals surface area contributed by atoms with Gasteiger partial charge in [0.05, 0.1) is 0 Å². The maximum atomic E-state index is 12.5. The second kappa shape index (κ2) is 5.08. The van der Waals surface area contributed by atoms with E-state index in [0.717, 1.165) is 51.5 Å². The van der Waals surface area contributed by atoms with Crippen molar-refractivity contribution in [3.8, 4) is 0 Å². The Morgan fingerprint density at radius 1 is 1.06 bits per heavy atom. The molecule has 2 amide bonds. The molecule has 104 valence electrons. The predicted molar refractivity (Wildman–Crippen MR) is 73.6 cm³/mol. The first-order chi connectivity index (χ1) is 8.40. The van der Waals surface area contributed by atoms with Crippen LogP contribution < -0.4 is 0 Å². The van der Waals surface area contributed by atoms with Crippen LogP contribution in [0.15, 0.2) is 0 Å². The molecule has 2 saturated heterocycles. The number of hydrogen-bond acceptors (Lipinski definition) is 2. The van der Waals surface area contributed by atoms with Crippen LogP contribution in [-0.4, -0.2) is 66.0 Å². The van der Waals surface area contributed by atoms with E-state index in [1.54, 1.807) is 0 Å². The van der Waals surface area contributed by atoms with Gasteiger partial charge in [0.25, 0.3) is 0 Å². The minimum Gasteiger partial charge on any atom is -0.325 e. The number of amides is 2. The molecule has 0 bridgehead atoms. The lowest BCUT2D eigenvalue weighted by molar-refractivity contribution is 0.0424. The van der Waals surface area contributed by atoms with E-state index >= 15 is 0 Å². The van der Waals surface area contributed by atoms with Crippen molar-refractivity contribution in [2.45, 2.75) is 39.2 Å². The molecule has 4 heteroatoms. The molecule has 0 unspecified atom stereocenters. The first-order valence-corrected chi connectivity index (χ1v) is 7.15. The highest BCUT2D eigenvalue weighted by atomic mass is 16.2. The zero-order valence-electron chi connectivity index (χ0n) is 12.3. The molecule has 2 heterocycles. The van der Waals surface area contributed by atoms with Gasteiger partial charge in [-0.2, -0.15) is 0 Å². The molecule has 0 aromatic carbocycles. The Hall–Kier alpha value is -0.770. The summed E-state index contributed by atoms with van der Waals surface area (Å²) in [6.07, 6.45) is 2.31. The number of piperidine rings is 1. The molecule has 0 aliphatic carbocycles. The molecule has 0 spiro atoms. The molecule has 18 heavy (non-hydrogen) atoms. The van der Waals surface area contributed by atoms with Crippen molar-refractivity contribution in [1.29, 1.82) is 0 Å². The van der Waals surface area contributed by atoms with Crippen LogP contribution in [0.3, 0.4) is 0 Å². The minimum atomic E-state index is 0.0942. The van der Waals surface area contributed by atoms with Gasteiger partial charge in [0.1, 0.15) is 0 Å². The van der Waals surface area contributed by atoms with Gasteiger partial charge in [-0.3, -0.25) is 4.90 Å². The molecule has 2 fully saturated rings. The molecule has 0 N–H and O–H groups in total. The average molecular weight is 253 g/mol. The van der Waals surface area contributed by atoms with E-state index in [4.69, 9.17) is 0 Å². The van der Waals surface area contributed by atoms with Gasteiger partial charge in [-0.1, -0.05) is 6.92 Å². The molecule has 4 nitrogen and oxygen atoms in total. The molecule has 0 aromatic rings. The van der Waals surface area contributed by atoms with Crippen LogP contribution in [-0.2, 0) is 0 Å². The zero-order valence-corrected chi connectivity index (χ0v) is 12.3. The monoisotopic (exact) mass is 253 g/mol. The van der Waals surface area contributed by atoms with Crippen LogP contribution in [0.4, 0.5) is 4.79 Å². The van der Waals surface area contributed by atoms with E-state index in [-0.39, 0.29) is 11.6 Å². The van der Waals surface area contributed by atoms with E-state index in [1.807, 2.05) is 9.80 Å². The third-order valence-corrected chi connectivity index (χ3v) is 4.64. The lowest BCUT2D eigenvalue weighted by Crippen LogP contribution is -2.61. The van der Waals surface area contributed by atoms with Crippen LogP contribution >= 0.6 is 0 Å².